The topological polar surface area (TPSA) is 39.7 Å². The summed E-state index contributed by atoms with van der Waals surface area (Å²) in [6, 6.07) is 10.7. The number of piperidine rings is 1. The van der Waals surface area contributed by atoms with Crippen molar-refractivity contribution in [1.82, 2.24) is 15.5 Å². The number of likely N-dealkylation sites (tertiary alicyclic amines) is 1. The first-order valence-electron chi connectivity index (χ1n) is 10.2. The van der Waals surface area contributed by atoms with Gasteiger partial charge in [-0.2, -0.15) is 0 Å². The highest BCUT2D eigenvalue weighted by Crippen LogP contribution is 2.41. The van der Waals surface area contributed by atoms with Gasteiger partial charge in [0.25, 0.3) is 0 Å². The first-order chi connectivity index (χ1) is 12.7. The highest BCUT2D eigenvalue weighted by atomic mass is 127. The van der Waals surface area contributed by atoms with E-state index in [4.69, 9.17) is 0 Å². The van der Waals surface area contributed by atoms with Crippen LogP contribution in [-0.4, -0.2) is 49.1 Å². The molecule has 1 heterocycles. The van der Waals surface area contributed by atoms with Crippen LogP contribution in [0.5, 0.6) is 0 Å². The molecule has 2 unspecified atom stereocenters. The smallest absolute Gasteiger partial charge is 0.191 e. The summed E-state index contributed by atoms with van der Waals surface area (Å²) in [7, 11) is 1.89. The number of aliphatic imine (C=N–C) groups is 1. The number of benzene rings is 1. The highest BCUT2D eigenvalue weighted by molar-refractivity contribution is 14.0. The Morgan fingerprint density at radius 2 is 1.70 bits per heavy atom. The molecule has 4 rings (SSSR count). The molecular formula is C21H32BrIN4. The van der Waals surface area contributed by atoms with Crippen molar-refractivity contribution in [3.8, 4) is 0 Å². The molecule has 6 heteroatoms. The molecule has 1 aliphatic heterocycles. The van der Waals surface area contributed by atoms with E-state index >= 15 is 0 Å². The fourth-order valence-corrected chi connectivity index (χ4v) is 4.92. The third-order valence-electron chi connectivity index (χ3n) is 6.35. The van der Waals surface area contributed by atoms with E-state index in [1.54, 1.807) is 0 Å². The Labute approximate surface area is 189 Å². The molecule has 2 atom stereocenters. The number of rotatable bonds is 4. The standard InChI is InChI=1S/C21H31BrN4.HI/c1-23-21(25-20-14-19(20)15-6-8-16(22)9-7-15)24-17-10-12-26(13-11-17)18-4-2-3-5-18;/h6-9,17-20H,2-5,10-14H2,1H3,(H2,23,24,25);1H. The largest absolute Gasteiger partial charge is 0.354 e. The summed E-state index contributed by atoms with van der Waals surface area (Å²) in [5.74, 6) is 1.60. The van der Waals surface area contributed by atoms with Crippen LogP contribution in [0.1, 0.15) is 56.4 Å². The van der Waals surface area contributed by atoms with Gasteiger partial charge < -0.3 is 15.5 Å². The van der Waals surface area contributed by atoms with E-state index in [1.807, 2.05) is 7.05 Å². The minimum Gasteiger partial charge on any atom is -0.354 e. The number of guanidine groups is 1. The maximum atomic E-state index is 4.47. The van der Waals surface area contributed by atoms with Gasteiger partial charge in [0, 0.05) is 48.7 Å². The van der Waals surface area contributed by atoms with Crippen molar-refractivity contribution >= 4 is 45.9 Å². The summed E-state index contributed by atoms with van der Waals surface area (Å²) in [5.41, 5.74) is 1.42. The van der Waals surface area contributed by atoms with Gasteiger partial charge in [0.05, 0.1) is 0 Å². The molecule has 2 N–H and O–H groups in total. The predicted molar refractivity (Wildman–Crippen MR) is 127 cm³/mol. The summed E-state index contributed by atoms with van der Waals surface area (Å²) in [4.78, 5) is 7.20. The molecule has 1 aromatic rings. The molecule has 3 fully saturated rings. The molecule has 1 aromatic carbocycles. The van der Waals surface area contributed by atoms with E-state index in [2.05, 4.69) is 60.7 Å². The van der Waals surface area contributed by atoms with Crippen LogP contribution in [0.2, 0.25) is 0 Å². The van der Waals surface area contributed by atoms with Crippen molar-refractivity contribution in [2.75, 3.05) is 20.1 Å². The normalized spacial score (nSPS) is 27.3. The average Bonchev–Trinajstić information content (AvgIpc) is 3.21. The van der Waals surface area contributed by atoms with Gasteiger partial charge in [-0.25, -0.2) is 0 Å². The van der Waals surface area contributed by atoms with E-state index < -0.39 is 0 Å². The minimum absolute atomic E-state index is 0. The Hall–Kier alpha value is -0.340. The van der Waals surface area contributed by atoms with Crippen LogP contribution in [0, 0.1) is 0 Å². The summed E-state index contributed by atoms with van der Waals surface area (Å²) in [5, 5.41) is 7.30. The molecule has 150 valence electrons. The van der Waals surface area contributed by atoms with Crippen molar-refractivity contribution < 1.29 is 0 Å². The quantitative estimate of drug-likeness (QED) is 0.332. The lowest BCUT2D eigenvalue weighted by Crippen LogP contribution is -2.50. The summed E-state index contributed by atoms with van der Waals surface area (Å²) >= 11 is 3.51. The molecule has 0 amide bonds. The number of nitrogens with zero attached hydrogens (tertiary/aromatic N) is 2. The third kappa shape index (κ3) is 5.60. The number of hydrogen-bond donors (Lipinski definition) is 2. The Morgan fingerprint density at radius 1 is 1.04 bits per heavy atom. The van der Waals surface area contributed by atoms with Gasteiger partial charge in [0.15, 0.2) is 5.96 Å². The van der Waals surface area contributed by atoms with Crippen LogP contribution in [-0.2, 0) is 0 Å². The molecule has 0 radical (unpaired) electrons. The predicted octanol–water partition coefficient (Wildman–Crippen LogP) is 4.50. The molecule has 2 saturated carbocycles. The molecule has 27 heavy (non-hydrogen) atoms. The van der Waals surface area contributed by atoms with E-state index in [0.717, 1.165) is 16.5 Å². The zero-order chi connectivity index (χ0) is 17.9. The second-order valence-corrected chi connectivity index (χ2v) is 9.03. The maximum Gasteiger partial charge on any atom is 0.191 e. The number of halogens is 2. The van der Waals surface area contributed by atoms with Gasteiger partial charge >= 0.3 is 0 Å². The molecule has 4 nitrogen and oxygen atoms in total. The van der Waals surface area contributed by atoms with E-state index in [-0.39, 0.29) is 24.0 Å². The summed E-state index contributed by atoms with van der Waals surface area (Å²) in [6.45, 7) is 2.48. The second kappa shape index (κ2) is 9.92. The van der Waals surface area contributed by atoms with Crippen LogP contribution in [0.4, 0.5) is 0 Å². The Balaban J connectivity index is 0.00000210. The average molecular weight is 547 g/mol. The van der Waals surface area contributed by atoms with Crippen molar-refractivity contribution in [1.29, 1.82) is 0 Å². The lowest BCUT2D eigenvalue weighted by Gasteiger charge is -2.36. The van der Waals surface area contributed by atoms with Gasteiger partial charge in [0.1, 0.15) is 0 Å². The Morgan fingerprint density at radius 3 is 2.33 bits per heavy atom. The van der Waals surface area contributed by atoms with Gasteiger partial charge in [-0.05, 0) is 49.8 Å². The monoisotopic (exact) mass is 546 g/mol. The van der Waals surface area contributed by atoms with Crippen LogP contribution < -0.4 is 10.6 Å². The highest BCUT2D eigenvalue weighted by Gasteiger charge is 2.39. The first-order valence-corrected chi connectivity index (χ1v) is 11.0. The first kappa shape index (κ1) is 21.4. The van der Waals surface area contributed by atoms with E-state index in [0.29, 0.717) is 18.0 Å². The number of hydrogen-bond acceptors (Lipinski definition) is 2. The second-order valence-electron chi connectivity index (χ2n) is 8.11. The van der Waals surface area contributed by atoms with E-state index in [9.17, 15) is 0 Å². The molecule has 3 aliphatic rings. The van der Waals surface area contributed by atoms with Crippen LogP contribution in [0.3, 0.4) is 0 Å². The van der Waals surface area contributed by atoms with E-state index in [1.165, 1.54) is 63.6 Å². The fourth-order valence-electron chi connectivity index (χ4n) is 4.65. The van der Waals surface area contributed by atoms with Crippen molar-refractivity contribution in [3.05, 3.63) is 34.3 Å². The third-order valence-corrected chi connectivity index (χ3v) is 6.87. The van der Waals surface area contributed by atoms with Crippen molar-refractivity contribution in [3.63, 3.8) is 0 Å². The zero-order valence-corrected chi connectivity index (χ0v) is 20.1. The lowest BCUT2D eigenvalue weighted by molar-refractivity contribution is 0.150. The van der Waals surface area contributed by atoms with Crippen LogP contribution in [0.15, 0.2) is 33.7 Å². The molecule has 2 aliphatic carbocycles. The zero-order valence-electron chi connectivity index (χ0n) is 16.2. The van der Waals surface area contributed by atoms with Gasteiger partial charge in [-0.3, -0.25) is 4.99 Å². The molecule has 0 aromatic heterocycles. The summed E-state index contributed by atoms with van der Waals surface area (Å²) in [6.07, 6.45) is 9.36. The van der Waals surface area contributed by atoms with Gasteiger partial charge in [-0.1, -0.05) is 40.9 Å². The fraction of sp³-hybridized carbons (Fsp3) is 0.667. The van der Waals surface area contributed by atoms with Crippen LogP contribution >= 0.6 is 39.9 Å². The van der Waals surface area contributed by atoms with Crippen molar-refractivity contribution in [2.24, 2.45) is 4.99 Å². The maximum absolute atomic E-state index is 4.47. The van der Waals surface area contributed by atoms with Crippen LogP contribution in [0.25, 0.3) is 0 Å². The molecular weight excluding hydrogens is 515 g/mol. The molecule has 0 bridgehead atoms. The summed E-state index contributed by atoms with van der Waals surface area (Å²) < 4.78 is 1.15. The minimum atomic E-state index is 0. The SMILES string of the molecule is CN=C(NC1CCN(C2CCCC2)CC1)NC1CC1c1ccc(Br)cc1.I. The van der Waals surface area contributed by atoms with Crippen molar-refractivity contribution in [2.45, 2.75) is 69.0 Å². The van der Waals surface area contributed by atoms with Gasteiger partial charge in [-0.15, -0.1) is 24.0 Å². The molecule has 0 spiro atoms. The Kier molecular flexibility index (Phi) is 7.85. The number of nitrogens with one attached hydrogen (secondary N) is 2. The van der Waals surface area contributed by atoms with Gasteiger partial charge in [0.2, 0.25) is 0 Å². The molecule has 1 saturated heterocycles. The lowest BCUT2D eigenvalue weighted by atomic mass is 10.0. The Bertz CT molecular complexity index is 622.